The van der Waals surface area contributed by atoms with Crippen molar-refractivity contribution in [2.45, 2.75) is 45.6 Å². The van der Waals surface area contributed by atoms with Crippen LogP contribution in [0.5, 0.6) is 0 Å². The number of halogens is 1. The van der Waals surface area contributed by atoms with Crippen molar-refractivity contribution in [1.82, 2.24) is 5.16 Å². The maximum atomic E-state index is 12.5. The molecule has 1 aliphatic rings. The lowest BCUT2D eigenvalue weighted by atomic mass is 9.93. The SMILES string of the molecule is Cc1onc(-c2ccc(C3=CCCCC3)cc2)c1NC(=O)OC(C)c1ccccc1Cl. The van der Waals surface area contributed by atoms with Gasteiger partial charge in [-0.1, -0.05) is 65.3 Å². The summed E-state index contributed by atoms with van der Waals surface area (Å²) in [6.45, 7) is 3.53. The fraction of sp³-hybridized carbons (Fsp3) is 0.280. The Hall–Kier alpha value is -3.05. The summed E-state index contributed by atoms with van der Waals surface area (Å²) >= 11 is 6.20. The fourth-order valence-corrected chi connectivity index (χ4v) is 4.11. The summed E-state index contributed by atoms with van der Waals surface area (Å²) in [6, 6.07) is 15.5. The molecule has 1 aliphatic carbocycles. The molecule has 0 spiro atoms. The Morgan fingerprint density at radius 1 is 1.13 bits per heavy atom. The smallest absolute Gasteiger partial charge is 0.412 e. The van der Waals surface area contributed by atoms with Crippen LogP contribution in [-0.4, -0.2) is 11.2 Å². The Morgan fingerprint density at radius 2 is 1.87 bits per heavy atom. The van der Waals surface area contributed by atoms with Crippen LogP contribution in [0.3, 0.4) is 0 Å². The number of hydrogen-bond acceptors (Lipinski definition) is 4. The van der Waals surface area contributed by atoms with Crippen molar-refractivity contribution in [3.63, 3.8) is 0 Å². The van der Waals surface area contributed by atoms with E-state index in [-0.39, 0.29) is 0 Å². The van der Waals surface area contributed by atoms with Gasteiger partial charge in [0.15, 0.2) is 5.76 Å². The van der Waals surface area contributed by atoms with Crippen LogP contribution in [0.2, 0.25) is 5.02 Å². The van der Waals surface area contributed by atoms with E-state index in [4.69, 9.17) is 20.9 Å². The third-order valence-corrected chi connectivity index (χ3v) is 5.88. The predicted octanol–water partition coefficient (Wildman–Crippen LogP) is 7.57. The minimum Gasteiger partial charge on any atom is -0.441 e. The first kappa shape index (κ1) is 21.2. The van der Waals surface area contributed by atoms with Gasteiger partial charge in [0.2, 0.25) is 0 Å². The first-order chi connectivity index (χ1) is 15.0. The molecule has 160 valence electrons. The van der Waals surface area contributed by atoms with Crippen LogP contribution in [0.1, 0.15) is 55.6 Å². The Bertz CT molecular complexity index is 1100. The molecule has 0 radical (unpaired) electrons. The Morgan fingerprint density at radius 3 is 2.58 bits per heavy atom. The van der Waals surface area contributed by atoms with E-state index >= 15 is 0 Å². The second kappa shape index (κ2) is 9.40. The molecule has 3 aromatic rings. The first-order valence-electron chi connectivity index (χ1n) is 10.5. The minimum atomic E-state index is -0.594. The molecule has 1 unspecified atom stereocenters. The van der Waals surface area contributed by atoms with Crippen LogP contribution in [0, 0.1) is 6.92 Å². The third-order valence-electron chi connectivity index (χ3n) is 5.54. The van der Waals surface area contributed by atoms with Crippen molar-refractivity contribution in [2.24, 2.45) is 0 Å². The van der Waals surface area contributed by atoms with Gasteiger partial charge in [-0.05, 0) is 56.7 Å². The van der Waals surface area contributed by atoms with E-state index in [1.165, 1.54) is 24.0 Å². The van der Waals surface area contributed by atoms with Crippen molar-refractivity contribution in [3.05, 3.63) is 76.5 Å². The molecule has 4 rings (SSSR count). The van der Waals surface area contributed by atoms with Gasteiger partial charge in [0, 0.05) is 16.1 Å². The molecule has 0 saturated carbocycles. The molecule has 0 saturated heterocycles. The number of nitrogens with one attached hydrogen (secondary N) is 1. The van der Waals surface area contributed by atoms with Crippen LogP contribution >= 0.6 is 11.6 Å². The Balaban J connectivity index is 1.49. The summed E-state index contributed by atoms with van der Waals surface area (Å²) in [5.41, 5.74) is 5.31. The molecule has 1 N–H and O–H groups in total. The average Bonchev–Trinajstić information content (AvgIpc) is 3.14. The van der Waals surface area contributed by atoms with Gasteiger partial charge in [-0.25, -0.2) is 4.79 Å². The second-order valence-electron chi connectivity index (χ2n) is 7.71. The zero-order valence-electron chi connectivity index (χ0n) is 17.7. The molecule has 5 nitrogen and oxygen atoms in total. The highest BCUT2D eigenvalue weighted by molar-refractivity contribution is 6.31. The van der Waals surface area contributed by atoms with E-state index in [2.05, 4.69) is 28.7 Å². The van der Waals surface area contributed by atoms with Gasteiger partial charge in [0.25, 0.3) is 0 Å². The summed E-state index contributed by atoms with van der Waals surface area (Å²) in [6.07, 6.45) is 5.98. The van der Waals surface area contributed by atoms with Crippen molar-refractivity contribution in [3.8, 4) is 11.3 Å². The highest BCUT2D eigenvalue weighted by atomic mass is 35.5. The van der Waals surface area contributed by atoms with E-state index in [9.17, 15) is 4.79 Å². The van der Waals surface area contributed by atoms with E-state index < -0.39 is 12.2 Å². The van der Waals surface area contributed by atoms with Crippen molar-refractivity contribution < 1.29 is 14.1 Å². The molecule has 1 aromatic heterocycles. The van der Waals surface area contributed by atoms with Crippen LogP contribution < -0.4 is 5.32 Å². The van der Waals surface area contributed by atoms with E-state index in [1.54, 1.807) is 19.9 Å². The van der Waals surface area contributed by atoms with E-state index in [1.807, 2.05) is 30.3 Å². The van der Waals surface area contributed by atoms with Crippen LogP contribution in [-0.2, 0) is 4.74 Å². The number of benzene rings is 2. The number of amides is 1. The lowest BCUT2D eigenvalue weighted by Gasteiger charge is -2.15. The highest BCUT2D eigenvalue weighted by Gasteiger charge is 2.20. The molecule has 0 fully saturated rings. The predicted molar refractivity (Wildman–Crippen MR) is 123 cm³/mol. The summed E-state index contributed by atoms with van der Waals surface area (Å²) < 4.78 is 10.9. The van der Waals surface area contributed by atoms with Gasteiger partial charge in [0.05, 0.1) is 0 Å². The number of allylic oxidation sites excluding steroid dienone is 2. The molecule has 1 atom stereocenters. The summed E-state index contributed by atoms with van der Waals surface area (Å²) in [5, 5.41) is 7.49. The molecule has 0 bridgehead atoms. The van der Waals surface area contributed by atoms with Gasteiger partial charge in [-0.3, -0.25) is 5.32 Å². The quantitative estimate of drug-likeness (QED) is 0.447. The summed E-state index contributed by atoms with van der Waals surface area (Å²) in [5.74, 6) is 0.511. The Labute approximate surface area is 187 Å². The Kier molecular flexibility index (Phi) is 6.42. The maximum absolute atomic E-state index is 12.5. The number of carbonyl (C=O) groups excluding carboxylic acids is 1. The number of rotatable bonds is 5. The largest absolute Gasteiger partial charge is 0.441 e. The molecular weight excluding hydrogens is 412 g/mol. The second-order valence-corrected chi connectivity index (χ2v) is 8.12. The van der Waals surface area contributed by atoms with Gasteiger partial charge in [-0.2, -0.15) is 0 Å². The number of aryl methyl sites for hydroxylation is 1. The first-order valence-corrected chi connectivity index (χ1v) is 10.9. The number of anilines is 1. The minimum absolute atomic E-state index is 0.500. The van der Waals surface area contributed by atoms with Crippen molar-refractivity contribution >= 4 is 29.0 Å². The lowest BCUT2D eigenvalue weighted by Crippen LogP contribution is -2.17. The van der Waals surface area contributed by atoms with Crippen LogP contribution in [0.15, 0.2) is 59.1 Å². The number of hydrogen-bond donors (Lipinski definition) is 1. The number of carbonyl (C=O) groups is 1. The third kappa shape index (κ3) is 4.83. The topological polar surface area (TPSA) is 64.4 Å². The van der Waals surface area contributed by atoms with Gasteiger partial charge < -0.3 is 9.26 Å². The normalized spacial score (nSPS) is 14.6. The number of aromatic nitrogens is 1. The number of nitrogens with zero attached hydrogens (tertiary/aromatic N) is 1. The van der Waals surface area contributed by atoms with E-state index in [0.29, 0.717) is 22.2 Å². The number of ether oxygens (including phenoxy) is 1. The molecule has 2 aromatic carbocycles. The lowest BCUT2D eigenvalue weighted by molar-refractivity contribution is 0.121. The molecule has 31 heavy (non-hydrogen) atoms. The zero-order chi connectivity index (χ0) is 21.8. The van der Waals surface area contributed by atoms with Crippen molar-refractivity contribution in [1.29, 1.82) is 0 Å². The van der Waals surface area contributed by atoms with Crippen LogP contribution in [0.25, 0.3) is 16.8 Å². The molecule has 1 heterocycles. The highest BCUT2D eigenvalue weighted by Crippen LogP contribution is 2.33. The van der Waals surface area contributed by atoms with E-state index in [0.717, 1.165) is 24.0 Å². The standard InChI is InChI=1S/C25H25ClN2O3/c1-16(21-10-6-7-11-22(21)26)30-25(29)27-23-17(2)31-28-24(23)20-14-12-19(13-15-20)18-8-4-3-5-9-18/h6-8,10-16H,3-5,9H2,1-2H3,(H,27,29). The fourth-order valence-electron chi connectivity index (χ4n) is 3.82. The van der Waals surface area contributed by atoms with Crippen LogP contribution in [0.4, 0.5) is 10.5 Å². The van der Waals surface area contributed by atoms with Gasteiger partial charge in [0.1, 0.15) is 17.5 Å². The maximum Gasteiger partial charge on any atom is 0.412 e. The molecule has 1 amide bonds. The summed E-state index contributed by atoms with van der Waals surface area (Å²) in [4.78, 5) is 12.5. The van der Waals surface area contributed by atoms with Gasteiger partial charge >= 0.3 is 6.09 Å². The monoisotopic (exact) mass is 436 g/mol. The van der Waals surface area contributed by atoms with Gasteiger partial charge in [-0.15, -0.1) is 0 Å². The van der Waals surface area contributed by atoms with Crippen molar-refractivity contribution in [2.75, 3.05) is 5.32 Å². The molecular formula is C25H25ClN2O3. The molecule has 0 aliphatic heterocycles. The summed E-state index contributed by atoms with van der Waals surface area (Å²) in [7, 11) is 0. The zero-order valence-corrected chi connectivity index (χ0v) is 18.4. The average molecular weight is 437 g/mol. The molecule has 6 heteroatoms.